The molecule has 0 saturated carbocycles. The Kier molecular flexibility index (Phi) is 5.86. The molecule has 1 saturated heterocycles. The zero-order valence-corrected chi connectivity index (χ0v) is 18.2. The minimum atomic E-state index is -0.726. The Labute approximate surface area is 187 Å². The van der Waals surface area contributed by atoms with E-state index in [0.717, 1.165) is 15.6 Å². The Morgan fingerprint density at radius 2 is 1.81 bits per heavy atom. The lowest BCUT2D eigenvalue weighted by molar-refractivity contribution is -0.140. The number of ketones is 1. The van der Waals surface area contributed by atoms with E-state index in [1.165, 1.54) is 4.90 Å². The van der Waals surface area contributed by atoms with Crippen LogP contribution < -0.4 is 4.74 Å². The Hall–Kier alpha value is -3.45. The SMILES string of the molecule is COc1ccc(C(O)=C2C(=O)C(=O)N(Cc3cccnc3)[C@@H]2c2ccc(Br)cc2)cc1. The monoisotopic (exact) mass is 478 g/mol. The predicted octanol–water partition coefficient (Wildman–Crippen LogP) is 4.47. The third-order valence-electron chi connectivity index (χ3n) is 5.16. The van der Waals surface area contributed by atoms with Crippen LogP contribution in [0.1, 0.15) is 22.7 Å². The number of hydrogen-bond acceptors (Lipinski definition) is 5. The van der Waals surface area contributed by atoms with Crippen molar-refractivity contribution >= 4 is 33.4 Å². The Balaban J connectivity index is 1.84. The van der Waals surface area contributed by atoms with Gasteiger partial charge in [-0.1, -0.05) is 34.1 Å². The van der Waals surface area contributed by atoms with Crippen LogP contribution in [-0.2, 0) is 16.1 Å². The molecule has 6 nitrogen and oxygen atoms in total. The maximum Gasteiger partial charge on any atom is 0.295 e. The van der Waals surface area contributed by atoms with E-state index in [4.69, 9.17) is 4.74 Å². The lowest BCUT2D eigenvalue weighted by Gasteiger charge is -2.25. The average molecular weight is 479 g/mol. The number of halogens is 1. The van der Waals surface area contributed by atoms with Crippen molar-refractivity contribution in [2.24, 2.45) is 0 Å². The number of amides is 1. The number of aromatic nitrogens is 1. The maximum absolute atomic E-state index is 13.0. The standard InChI is InChI=1S/C24H19BrN2O4/c1-31-19-10-6-17(7-11-19)22(28)20-21(16-4-8-18(25)9-5-16)27(24(30)23(20)29)14-15-3-2-12-26-13-15/h2-13,21,28H,14H2,1H3/t21-/m1/s1. The summed E-state index contributed by atoms with van der Waals surface area (Å²) < 4.78 is 6.03. The smallest absolute Gasteiger partial charge is 0.295 e. The Bertz CT molecular complexity index is 1140. The van der Waals surface area contributed by atoms with E-state index in [-0.39, 0.29) is 17.9 Å². The van der Waals surface area contributed by atoms with E-state index in [1.807, 2.05) is 30.3 Å². The van der Waals surface area contributed by atoms with Crippen LogP contribution in [0.2, 0.25) is 0 Å². The molecule has 1 N–H and O–H groups in total. The number of aliphatic hydroxyl groups is 1. The largest absolute Gasteiger partial charge is 0.507 e. The summed E-state index contributed by atoms with van der Waals surface area (Å²) in [6, 6.07) is 16.9. The third-order valence-corrected chi connectivity index (χ3v) is 5.69. The molecule has 1 fully saturated rings. The van der Waals surface area contributed by atoms with Gasteiger partial charge in [0.05, 0.1) is 18.7 Å². The highest BCUT2D eigenvalue weighted by Gasteiger charge is 2.46. The fraction of sp³-hybridized carbons (Fsp3) is 0.125. The zero-order valence-electron chi connectivity index (χ0n) is 16.7. The minimum absolute atomic E-state index is 0.0568. The van der Waals surface area contributed by atoms with Gasteiger partial charge in [-0.15, -0.1) is 0 Å². The van der Waals surface area contributed by atoms with Gasteiger partial charge in [0, 0.05) is 29.0 Å². The van der Waals surface area contributed by atoms with E-state index in [0.29, 0.717) is 11.3 Å². The second-order valence-electron chi connectivity index (χ2n) is 7.07. The van der Waals surface area contributed by atoms with Crippen LogP contribution in [0.15, 0.2) is 83.1 Å². The van der Waals surface area contributed by atoms with Crippen molar-refractivity contribution in [1.29, 1.82) is 0 Å². The molecular formula is C24H19BrN2O4. The normalized spacial score (nSPS) is 17.7. The van der Waals surface area contributed by atoms with Gasteiger partial charge in [-0.25, -0.2) is 0 Å². The van der Waals surface area contributed by atoms with Gasteiger partial charge in [0.25, 0.3) is 11.7 Å². The van der Waals surface area contributed by atoms with Gasteiger partial charge in [-0.3, -0.25) is 14.6 Å². The number of Topliss-reactive ketones (excluding diaryl/α,β-unsaturated/α-hetero) is 1. The lowest BCUT2D eigenvalue weighted by Crippen LogP contribution is -2.29. The minimum Gasteiger partial charge on any atom is -0.507 e. The average Bonchev–Trinajstić information content (AvgIpc) is 3.05. The number of pyridine rings is 1. The first kappa shape index (κ1) is 20.8. The molecule has 0 unspecified atom stereocenters. The van der Waals surface area contributed by atoms with Gasteiger partial charge in [-0.05, 0) is 53.6 Å². The first-order valence-electron chi connectivity index (χ1n) is 9.57. The first-order chi connectivity index (χ1) is 15.0. The number of methoxy groups -OCH3 is 1. The molecule has 4 rings (SSSR count). The number of hydrogen-bond donors (Lipinski definition) is 1. The summed E-state index contributed by atoms with van der Waals surface area (Å²) in [5.41, 5.74) is 2.00. The van der Waals surface area contributed by atoms with Crippen molar-refractivity contribution in [3.8, 4) is 5.75 Å². The van der Waals surface area contributed by atoms with Crippen molar-refractivity contribution in [2.75, 3.05) is 7.11 Å². The summed E-state index contributed by atoms with van der Waals surface area (Å²) in [5, 5.41) is 11.1. The van der Waals surface area contributed by atoms with E-state index < -0.39 is 17.7 Å². The molecule has 2 heterocycles. The molecule has 3 aromatic rings. The molecule has 1 aliphatic rings. The van der Waals surface area contributed by atoms with Crippen molar-refractivity contribution in [3.63, 3.8) is 0 Å². The molecule has 156 valence electrons. The highest BCUT2D eigenvalue weighted by molar-refractivity contribution is 9.10. The second kappa shape index (κ2) is 8.73. The van der Waals surface area contributed by atoms with Crippen LogP contribution in [0.5, 0.6) is 5.75 Å². The lowest BCUT2D eigenvalue weighted by atomic mass is 9.95. The number of benzene rings is 2. The molecule has 1 aromatic heterocycles. The summed E-state index contributed by atoms with van der Waals surface area (Å²) in [5.74, 6) is -0.974. The van der Waals surface area contributed by atoms with Crippen LogP contribution in [0.25, 0.3) is 5.76 Å². The van der Waals surface area contributed by atoms with Gasteiger partial charge in [-0.2, -0.15) is 0 Å². The van der Waals surface area contributed by atoms with Crippen LogP contribution >= 0.6 is 15.9 Å². The van der Waals surface area contributed by atoms with Crippen molar-refractivity contribution in [2.45, 2.75) is 12.6 Å². The molecule has 0 spiro atoms. The van der Waals surface area contributed by atoms with Gasteiger partial charge in [0.15, 0.2) is 0 Å². The highest BCUT2D eigenvalue weighted by atomic mass is 79.9. The highest BCUT2D eigenvalue weighted by Crippen LogP contribution is 2.40. The van der Waals surface area contributed by atoms with Gasteiger partial charge < -0.3 is 14.7 Å². The second-order valence-corrected chi connectivity index (χ2v) is 7.98. The summed E-state index contributed by atoms with van der Waals surface area (Å²) in [6.07, 6.45) is 3.30. The fourth-order valence-electron chi connectivity index (χ4n) is 3.63. The van der Waals surface area contributed by atoms with E-state index in [2.05, 4.69) is 20.9 Å². The van der Waals surface area contributed by atoms with Gasteiger partial charge >= 0.3 is 0 Å². The van der Waals surface area contributed by atoms with E-state index in [9.17, 15) is 14.7 Å². The number of likely N-dealkylation sites (tertiary alicyclic amines) is 1. The molecule has 0 aliphatic carbocycles. The quantitative estimate of drug-likeness (QED) is 0.332. The maximum atomic E-state index is 13.0. The van der Waals surface area contributed by atoms with E-state index >= 15 is 0 Å². The van der Waals surface area contributed by atoms with Crippen LogP contribution in [-0.4, -0.2) is 33.8 Å². The Morgan fingerprint density at radius 3 is 2.42 bits per heavy atom. The molecule has 0 radical (unpaired) electrons. The molecule has 1 amide bonds. The summed E-state index contributed by atoms with van der Waals surface area (Å²) in [7, 11) is 1.55. The number of carbonyl (C=O) groups is 2. The predicted molar refractivity (Wildman–Crippen MR) is 119 cm³/mol. The van der Waals surface area contributed by atoms with Crippen LogP contribution in [0, 0.1) is 0 Å². The molecule has 31 heavy (non-hydrogen) atoms. The topological polar surface area (TPSA) is 79.7 Å². The Morgan fingerprint density at radius 1 is 1.10 bits per heavy atom. The van der Waals surface area contributed by atoms with Gasteiger partial charge in [0.1, 0.15) is 11.5 Å². The molecule has 0 bridgehead atoms. The molecule has 1 aliphatic heterocycles. The molecular weight excluding hydrogens is 460 g/mol. The van der Waals surface area contributed by atoms with Crippen LogP contribution in [0.3, 0.4) is 0 Å². The third kappa shape index (κ3) is 4.09. The molecule has 7 heteroatoms. The summed E-state index contributed by atoms with van der Waals surface area (Å²) in [4.78, 5) is 31.6. The van der Waals surface area contributed by atoms with Crippen LogP contribution in [0.4, 0.5) is 0 Å². The zero-order chi connectivity index (χ0) is 22.0. The number of aliphatic hydroxyl groups excluding tert-OH is 1. The molecule has 2 aromatic carbocycles. The number of rotatable bonds is 5. The number of carbonyl (C=O) groups excluding carboxylic acids is 2. The fourth-order valence-corrected chi connectivity index (χ4v) is 3.89. The van der Waals surface area contributed by atoms with Gasteiger partial charge in [0.2, 0.25) is 0 Å². The number of ether oxygens (including phenoxy) is 1. The summed E-state index contributed by atoms with van der Waals surface area (Å²) >= 11 is 3.41. The van der Waals surface area contributed by atoms with Crippen molar-refractivity contribution in [3.05, 3.63) is 99.8 Å². The summed E-state index contributed by atoms with van der Waals surface area (Å²) in [6.45, 7) is 0.193. The van der Waals surface area contributed by atoms with Crippen molar-refractivity contribution < 1.29 is 19.4 Å². The molecule has 1 atom stereocenters. The first-order valence-corrected chi connectivity index (χ1v) is 10.4. The van der Waals surface area contributed by atoms with E-state index in [1.54, 1.807) is 49.8 Å². The number of nitrogens with zero attached hydrogens (tertiary/aromatic N) is 2. The van der Waals surface area contributed by atoms with Crippen molar-refractivity contribution in [1.82, 2.24) is 9.88 Å².